The van der Waals surface area contributed by atoms with Crippen LogP contribution in [-0.2, 0) is 17.9 Å². The molecule has 1 aromatic heterocycles. The van der Waals surface area contributed by atoms with E-state index in [1.54, 1.807) is 23.1 Å². The van der Waals surface area contributed by atoms with E-state index in [4.69, 9.17) is 9.47 Å². The summed E-state index contributed by atoms with van der Waals surface area (Å²) in [7, 11) is 0. The Hall–Kier alpha value is -3.65. The number of benzene rings is 2. The third-order valence-electron chi connectivity index (χ3n) is 6.83. The number of carbonyl (C=O) groups is 2. The highest BCUT2D eigenvalue weighted by Crippen LogP contribution is 2.26. The quantitative estimate of drug-likeness (QED) is 0.534. The lowest BCUT2D eigenvalue weighted by molar-refractivity contribution is 0.0702. The Balaban J connectivity index is 1.32. The van der Waals surface area contributed by atoms with E-state index in [0.29, 0.717) is 49.7 Å². The Kier molecular flexibility index (Phi) is 7.04. The van der Waals surface area contributed by atoms with Crippen molar-refractivity contribution in [2.24, 2.45) is 0 Å². The number of ether oxygens (including phenoxy) is 2. The van der Waals surface area contributed by atoms with E-state index in [1.807, 2.05) is 41.8 Å². The summed E-state index contributed by atoms with van der Waals surface area (Å²) in [6.07, 6.45) is 1.26. The van der Waals surface area contributed by atoms with Crippen LogP contribution < -0.4 is 10.1 Å². The highest BCUT2D eigenvalue weighted by Gasteiger charge is 2.33. The molecule has 2 amide bonds. The third-order valence-corrected chi connectivity index (χ3v) is 6.83. The topological polar surface area (TPSA) is 72.8 Å². The Bertz CT molecular complexity index is 1230. The summed E-state index contributed by atoms with van der Waals surface area (Å²) in [6, 6.07) is 17.3. The maximum atomic E-state index is 13.5. The van der Waals surface area contributed by atoms with Crippen LogP contribution in [0.4, 0.5) is 4.39 Å². The molecule has 0 saturated carbocycles. The molecule has 2 unspecified atom stereocenters. The molecule has 0 aliphatic carbocycles. The second-order valence-electron chi connectivity index (χ2n) is 9.17. The molecule has 7 nitrogen and oxygen atoms in total. The van der Waals surface area contributed by atoms with Gasteiger partial charge in [0.25, 0.3) is 11.8 Å². The Morgan fingerprint density at radius 1 is 1.14 bits per heavy atom. The van der Waals surface area contributed by atoms with Crippen LogP contribution in [-0.4, -0.2) is 47.1 Å². The molecule has 1 N–H and O–H groups in total. The van der Waals surface area contributed by atoms with Crippen LogP contribution in [0.25, 0.3) is 0 Å². The molecule has 2 aromatic carbocycles. The molecule has 36 heavy (non-hydrogen) atoms. The van der Waals surface area contributed by atoms with Gasteiger partial charge in [0.1, 0.15) is 23.4 Å². The van der Waals surface area contributed by atoms with E-state index in [-0.39, 0.29) is 36.4 Å². The van der Waals surface area contributed by atoms with Crippen LogP contribution in [0.2, 0.25) is 0 Å². The number of carbonyl (C=O) groups excluding carboxylic acids is 2. The summed E-state index contributed by atoms with van der Waals surface area (Å²) in [4.78, 5) is 28.6. The molecule has 3 aromatic rings. The molecular formula is C28H30FN3O4. The van der Waals surface area contributed by atoms with Crippen molar-refractivity contribution >= 4 is 11.8 Å². The average Bonchev–Trinajstić information content (AvgIpc) is 3.54. The fourth-order valence-electron chi connectivity index (χ4n) is 4.92. The monoisotopic (exact) mass is 491 g/mol. The summed E-state index contributed by atoms with van der Waals surface area (Å²) in [5.74, 6) is -0.0763. The average molecular weight is 492 g/mol. The van der Waals surface area contributed by atoms with Gasteiger partial charge in [-0.15, -0.1) is 0 Å². The van der Waals surface area contributed by atoms with Crippen molar-refractivity contribution in [3.8, 4) is 5.75 Å². The third kappa shape index (κ3) is 4.99. The van der Waals surface area contributed by atoms with Crippen LogP contribution in [0.5, 0.6) is 5.75 Å². The van der Waals surface area contributed by atoms with Crippen molar-refractivity contribution < 1.29 is 23.5 Å². The maximum absolute atomic E-state index is 13.5. The predicted molar refractivity (Wildman–Crippen MR) is 132 cm³/mol. The van der Waals surface area contributed by atoms with Gasteiger partial charge in [0, 0.05) is 19.5 Å². The zero-order chi connectivity index (χ0) is 25.1. The molecule has 3 heterocycles. The standard InChI is InChI=1S/C28H30FN3O4/c1-2-24(19-6-4-3-5-7-19)30-27(33)23-16-25(32-14-15-35-18-26(23)32)28(34)31-13-12-22(17-31)36-21-10-8-20(29)9-11-21/h3-11,16,22,24H,2,12-15,17-18H2,1H3,(H,30,33). The van der Waals surface area contributed by atoms with Gasteiger partial charge in [-0.2, -0.15) is 0 Å². The molecule has 1 saturated heterocycles. The fourth-order valence-corrected chi connectivity index (χ4v) is 4.92. The van der Waals surface area contributed by atoms with E-state index in [1.165, 1.54) is 12.1 Å². The van der Waals surface area contributed by atoms with Gasteiger partial charge in [-0.1, -0.05) is 37.3 Å². The first-order chi connectivity index (χ1) is 17.5. The molecule has 8 heteroatoms. The number of nitrogens with one attached hydrogen (secondary N) is 1. The molecule has 2 atom stereocenters. The van der Waals surface area contributed by atoms with Crippen molar-refractivity contribution in [1.82, 2.24) is 14.8 Å². The van der Waals surface area contributed by atoms with Gasteiger partial charge in [-0.3, -0.25) is 9.59 Å². The zero-order valence-corrected chi connectivity index (χ0v) is 20.3. The number of fused-ring (bicyclic) bond motifs is 1. The summed E-state index contributed by atoms with van der Waals surface area (Å²) in [5.41, 5.74) is 2.74. The molecule has 2 aliphatic rings. The molecule has 5 rings (SSSR count). The van der Waals surface area contributed by atoms with Gasteiger partial charge in [0.2, 0.25) is 0 Å². The molecule has 0 radical (unpaired) electrons. The van der Waals surface area contributed by atoms with E-state index >= 15 is 0 Å². The summed E-state index contributed by atoms with van der Waals surface area (Å²) in [6.45, 7) is 4.30. The fraction of sp³-hybridized carbons (Fsp3) is 0.357. The largest absolute Gasteiger partial charge is 0.489 e. The van der Waals surface area contributed by atoms with E-state index in [2.05, 4.69) is 5.32 Å². The summed E-state index contributed by atoms with van der Waals surface area (Å²) >= 11 is 0. The van der Waals surface area contributed by atoms with Crippen LogP contribution in [0, 0.1) is 5.82 Å². The normalized spacial score (nSPS) is 17.9. The smallest absolute Gasteiger partial charge is 0.270 e. The molecule has 0 spiro atoms. The number of hydrogen-bond acceptors (Lipinski definition) is 4. The minimum absolute atomic E-state index is 0.124. The first-order valence-corrected chi connectivity index (χ1v) is 12.4. The second kappa shape index (κ2) is 10.5. The molecule has 1 fully saturated rings. The summed E-state index contributed by atoms with van der Waals surface area (Å²) < 4.78 is 26.7. The number of aromatic nitrogens is 1. The van der Waals surface area contributed by atoms with Crippen LogP contribution in [0.3, 0.4) is 0 Å². The van der Waals surface area contributed by atoms with Gasteiger partial charge in [-0.05, 0) is 42.3 Å². The number of hydrogen-bond donors (Lipinski definition) is 1. The van der Waals surface area contributed by atoms with E-state index < -0.39 is 0 Å². The van der Waals surface area contributed by atoms with Crippen molar-refractivity contribution in [3.63, 3.8) is 0 Å². The summed E-state index contributed by atoms with van der Waals surface area (Å²) in [5, 5.41) is 3.13. The first-order valence-electron chi connectivity index (χ1n) is 12.4. The predicted octanol–water partition coefficient (Wildman–Crippen LogP) is 4.33. The van der Waals surface area contributed by atoms with Gasteiger partial charge in [-0.25, -0.2) is 4.39 Å². The van der Waals surface area contributed by atoms with E-state index in [0.717, 1.165) is 17.7 Å². The molecular weight excluding hydrogens is 461 g/mol. The van der Waals surface area contributed by atoms with Crippen molar-refractivity contribution in [3.05, 3.63) is 89.0 Å². The SMILES string of the molecule is CCC(NC(=O)c1cc(C(=O)N2CCC(Oc3ccc(F)cc3)C2)n2c1COCC2)c1ccccc1. The highest BCUT2D eigenvalue weighted by molar-refractivity contribution is 6.01. The van der Waals surface area contributed by atoms with Gasteiger partial charge >= 0.3 is 0 Å². The van der Waals surface area contributed by atoms with Crippen molar-refractivity contribution in [2.75, 3.05) is 19.7 Å². The molecule has 2 aliphatic heterocycles. The Morgan fingerprint density at radius 3 is 2.67 bits per heavy atom. The van der Waals surface area contributed by atoms with Crippen molar-refractivity contribution in [2.45, 2.75) is 45.1 Å². The molecule has 188 valence electrons. The lowest BCUT2D eigenvalue weighted by atomic mass is 10.0. The van der Waals surface area contributed by atoms with Crippen LogP contribution in [0.15, 0.2) is 60.7 Å². The second-order valence-corrected chi connectivity index (χ2v) is 9.17. The number of rotatable bonds is 7. The molecule has 0 bridgehead atoms. The number of nitrogens with zero attached hydrogens (tertiary/aromatic N) is 2. The number of halogens is 1. The lowest BCUT2D eigenvalue weighted by Crippen LogP contribution is -2.33. The minimum Gasteiger partial charge on any atom is -0.489 e. The lowest BCUT2D eigenvalue weighted by Gasteiger charge is -2.22. The van der Waals surface area contributed by atoms with Crippen molar-refractivity contribution in [1.29, 1.82) is 0 Å². The maximum Gasteiger partial charge on any atom is 0.270 e. The Labute approximate surface area is 209 Å². The minimum atomic E-state index is -0.318. The zero-order valence-electron chi connectivity index (χ0n) is 20.3. The highest BCUT2D eigenvalue weighted by atomic mass is 19.1. The van der Waals surface area contributed by atoms with Gasteiger partial charge in [0.05, 0.1) is 37.1 Å². The van der Waals surface area contributed by atoms with Gasteiger partial charge in [0.15, 0.2) is 0 Å². The first kappa shape index (κ1) is 24.1. The number of likely N-dealkylation sites (tertiary alicyclic amines) is 1. The van der Waals surface area contributed by atoms with Crippen LogP contribution >= 0.6 is 0 Å². The van der Waals surface area contributed by atoms with Gasteiger partial charge < -0.3 is 24.3 Å². The number of amides is 2. The van der Waals surface area contributed by atoms with E-state index in [9.17, 15) is 14.0 Å². The Morgan fingerprint density at radius 2 is 1.92 bits per heavy atom. The van der Waals surface area contributed by atoms with Crippen LogP contribution in [0.1, 0.15) is 57.9 Å².